The van der Waals surface area contributed by atoms with Gasteiger partial charge in [0.1, 0.15) is 5.82 Å². The summed E-state index contributed by atoms with van der Waals surface area (Å²) in [4.78, 5) is 4.78. The van der Waals surface area contributed by atoms with E-state index in [1.807, 2.05) is 13.0 Å². The van der Waals surface area contributed by atoms with Gasteiger partial charge < -0.3 is 4.40 Å². The molecule has 0 N–H and O–H groups in total. The molecule has 0 spiro atoms. The third-order valence-corrected chi connectivity index (χ3v) is 4.98. The van der Waals surface area contributed by atoms with Crippen molar-refractivity contribution in [2.45, 2.75) is 6.92 Å². The van der Waals surface area contributed by atoms with Crippen LogP contribution in [0.4, 0.5) is 0 Å². The minimum absolute atomic E-state index is 1.01. The number of hydrogen-bond donors (Lipinski definition) is 0. The molecule has 2 aromatic heterocycles. The number of rotatable bonds is 2. The monoisotopic (exact) mass is 334 g/mol. The van der Waals surface area contributed by atoms with E-state index < -0.39 is 0 Å². The maximum Gasteiger partial charge on any atom is 0.110 e. The van der Waals surface area contributed by atoms with Gasteiger partial charge >= 0.3 is 0 Å². The zero-order valence-electron chi connectivity index (χ0n) is 14.6. The van der Waals surface area contributed by atoms with E-state index in [9.17, 15) is 0 Å². The maximum atomic E-state index is 4.78. The summed E-state index contributed by atoms with van der Waals surface area (Å²) in [7, 11) is 0. The van der Waals surface area contributed by atoms with Crippen molar-refractivity contribution < 1.29 is 0 Å². The zero-order valence-corrected chi connectivity index (χ0v) is 14.6. The van der Waals surface area contributed by atoms with Gasteiger partial charge in [-0.3, -0.25) is 0 Å². The Morgan fingerprint density at radius 3 is 2.31 bits per heavy atom. The summed E-state index contributed by atoms with van der Waals surface area (Å²) in [5.74, 6) is 1.01. The first kappa shape index (κ1) is 14.9. The molecule has 0 aliphatic carbocycles. The smallest absolute Gasteiger partial charge is 0.110 e. The summed E-state index contributed by atoms with van der Waals surface area (Å²) in [6.07, 6.45) is 2.06. The minimum atomic E-state index is 1.01. The van der Waals surface area contributed by atoms with E-state index in [-0.39, 0.29) is 0 Å². The molecule has 124 valence electrons. The predicted octanol–water partition coefficient (Wildman–Crippen LogP) is 6.13. The number of imidazole rings is 1. The molecule has 0 radical (unpaired) electrons. The molecule has 0 bridgehead atoms. The molecule has 0 fully saturated rings. The molecule has 5 aromatic rings. The summed E-state index contributed by atoms with van der Waals surface area (Å²) in [6, 6.07) is 29.9. The Morgan fingerprint density at radius 1 is 0.692 bits per heavy atom. The first-order chi connectivity index (χ1) is 12.8. The predicted molar refractivity (Wildman–Crippen MR) is 108 cm³/mol. The van der Waals surface area contributed by atoms with Crippen LogP contribution in [0.3, 0.4) is 0 Å². The molecule has 2 nitrogen and oxygen atoms in total. The number of aromatic nitrogens is 2. The highest BCUT2D eigenvalue weighted by atomic mass is 15.0. The molecular formula is C24H18N2. The fraction of sp³-hybridized carbons (Fsp3) is 0.0417. The van der Waals surface area contributed by atoms with Gasteiger partial charge in [0.05, 0.1) is 11.2 Å². The molecule has 0 aliphatic rings. The van der Waals surface area contributed by atoms with Crippen LogP contribution in [0.2, 0.25) is 0 Å². The molecule has 0 unspecified atom stereocenters. The number of fused-ring (bicyclic) bond motifs is 2. The number of nitrogens with zero attached hydrogens (tertiary/aromatic N) is 2. The highest BCUT2D eigenvalue weighted by Gasteiger charge is 2.10. The van der Waals surface area contributed by atoms with E-state index in [0.29, 0.717) is 0 Å². The summed E-state index contributed by atoms with van der Waals surface area (Å²) < 4.78 is 2.13. The van der Waals surface area contributed by atoms with Crippen molar-refractivity contribution in [3.63, 3.8) is 0 Å². The van der Waals surface area contributed by atoms with Gasteiger partial charge in [-0.15, -0.1) is 0 Å². The van der Waals surface area contributed by atoms with Crippen molar-refractivity contribution in [3.05, 3.63) is 97.0 Å². The molecule has 0 saturated carbocycles. The highest BCUT2D eigenvalue weighted by Crippen LogP contribution is 2.31. The van der Waals surface area contributed by atoms with Crippen molar-refractivity contribution in [2.75, 3.05) is 0 Å². The lowest BCUT2D eigenvalue weighted by Crippen LogP contribution is -1.85. The Morgan fingerprint density at radius 2 is 1.42 bits per heavy atom. The Balaban J connectivity index is 1.63. The summed E-state index contributed by atoms with van der Waals surface area (Å²) in [6.45, 7) is 2.04. The largest absolute Gasteiger partial charge is 0.303 e. The lowest BCUT2D eigenvalue weighted by molar-refractivity contribution is 1.05. The normalized spacial score (nSPS) is 11.3. The van der Waals surface area contributed by atoms with E-state index in [2.05, 4.69) is 89.5 Å². The van der Waals surface area contributed by atoms with Crippen LogP contribution < -0.4 is 0 Å². The van der Waals surface area contributed by atoms with Crippen molar-refractivity contribution in [3.8, 4) is 22.4 Å². The van der Waals surface area contributed by atoms with Crippen LogP contribution in [0, 0.1) is 6.92 Å². The Bertz CT molecular complexity index is 1230. The quantitative estimate of drug-likeness (QED) is 0.379. The van der Waals surface area contributed by atoms with E-state index in [1.165, 1.54) is 21.9 Å². The summed E-state index contributed by atoms with van der Waals surface area (Å²) in [5.41, 5.74) is 5.81. The first-order valence-corrected chi connectivity index (χ1v) is 8.83. The van der Waals surface area contributed by atoms with E-state index in [1.54, 1.807) is 0 Å². The molecule has 0 saturated heterocycles. The van der Waals surface area contributed by atoms with Crippen LogP contribution in [-0.4, -0.2) is 9.38 Å². The van der Waals surface area contributed by atoms with Gasteiger partial charge in [-0.2, -0.15) is 0 Å². The average Bonchev–Trinajstić information content (AvgIpc) is 3.05. The molecule has 5 rings (SSSR count). The minimum Gasteiger partial charge on any atom is -0.303 e. The molecule has 0 atom stereocenters. The van der Waals surface area contributed by atoms with E-state index >= 15 is 0 Å². The van der Waals surface area contributed by atoms with Crippen LogP contribution >= 0.6 is 0 Å². The molecule has 3 aromatic carbocycles. The van der Waals surface area contributed by atoms with Crippen LogP contribution in [0.1, 0.15) is 5.82 Å². The second-order valence-electron chi connectivity index (χ2n) is 6.57. The second kappa shape index (κ2) is 5.85. The molecule has 0 aliphatic heterocycles. The molecule has 2 heterocycles. The summed E-state index contributed by atoms with van der Waals surface area (Å²) in [5, 5.41) is 2.55. The van der Waals surface area contributed by atoms with E-state index in [0.717, 1.165) is 22.6 Å². The van der Waals surface area contributed by atoms with Gasteiger partial charge in [-0.25, -0.2) is 4.98 Å². The lowest BCUT2D eigenvalue weighted by atomic mass is 9.97. The SMILES string of the molecule is Cc1nc(-c2ccc(-c3cccc4ccccc34)cc2)c2ccccn12. The fourth-order valence-corrected chi connectivity index (χ4v) is 3.69. The van der Waals surface area contributed by atoms with Crippen LogP contribution in [0.5, 0.6) is 0 Å². The van der Waals surface area contributed by atoms with Crippen LogP contribution in [0.15, 0.2) is 91.1 Å². The second-order valence-corrected chi connectivity index (χ2v) is 6.57. The Labute approximate surface area is 152 Å². The van der Waals surface area contributed by atoms with Crippen molar-refractivity contribution in [2.24, 2.45) is 0 Å². The first-order valence-electron chi connectivity index (χ1n) is 8.83. The molecule has 26 heavy (non-hydrogen) atoms. The number of pyridine rings is 1. The Hall–Kier alpha value is -3.39. The fourth-order valence-electron chi connectivity index (χ4n) is 3.69. The van der Waals surface area contributed by atoms with Gasteiger partial charge in [0, 0.05) is 11.8 Å². The van der Waals surface area contributed by atoms with Crippen molar-refractivity contribution >= 4 is 16.3 Å². The molecule has 2 heteroatoms. The number of aryl methyl sites for hydroxylation is 1. The zero-order chi connectivity index (χ0) is 17.5. The Kier molecular flexibility index (Phi) is 3.36. The number of hydrogen-bond acceptors (Lipinski definition) is 1. The van der Waals surface area contributed by atoms with E-state index in [4.69, 9.17) is 4.98 Å². The third kappa shape index (κ3) is 2.31. The van der Waals surface area contributed by atoms with Gasteiger partial charge in [0.15, 0.2) is 0 Å². The van der Waals surface area contributed by atoms with Gasteiger partial charge in [-0.05, 0) is 41.0 Å². The average molecular weight is 334 g/mol. The van der Waals surface area contributed by atoms with Crippen molar-refractivity contribution in [1.82, 2.24) is 9.38 Å². The topological polar surface area (TPSA) is 17.3 Å². The molecule has 0 amide bonds. The highest BCUT2D eigenvalue weighted by molar-refractivity contribution is 5.96. The van der Waals surface area contributed by atoms with Crippen LogP contribution in [0.25, 0.3) is 38.7 Å². The van der Waals surface area contributed by atoms with Crippen molar-refractivity contribution in [1.29, 1.82) is 0 Å². The number of benzene rings is 3. The molecular weight excluding hydrogens is 316 g/mol. The third-order valence-electron chi connectivity index (χ3n) is 4.98. The summed E-state index contributed by atoms with van der Waals surface area (Å²) >= 11 is 0. The lowest BCUT2D eigenvalue weighted by Gasteiger charge is -2.08. The van der Waals surface area contributed by atoms with Gasteiger partial charge in [0.25, 0.3) is 0 Å². The maximum absolute atomic E-state index is 4.78. The standard InChI is InChI=1S/C24H18N2/c1-17-25-24(23-11-4-5-16-26(17)23)20-14-12-19(13-15-20)22-10-6-8-18-7-2-3-9-21(18)22/h2-16H,1H3. The van der Waals surface area contributed by atoms with Crippen LogP contribution in [-0.2, 0) is 0 Å². The van der Waals surface area contributed by atoms with Gasteiger partial charge in [-0.1, -0.05) is 72.8 Å². The van der Waals surface area contributed by atoms with Gasteiger partial charge in [0.2, 0.25) is 0 Å².